The van der Waals surface area contributed by atoms with Crippen LogP contribution in [0.15, 0.2) is 90.0 Å². The Balaban J connectivity index is 1.28. The van der Waals surface area contributed by atoms with Gasteiger partial charge in [-0.2, -0.15) is 0 Å². The summed E-state index contributed by atoms with van der Waals surface area (Å²) in [6, 6.07) is 23.9. The van der Waals surface area contributed by atoms with Crippen LogP contribution in [0.25, 0.3) is 11.3 Å². The highest BCUT2D eigenvalue weighted by Gasteiger charge is 2.32. The van der Waals surface area contributed by atoms with Crippen molar-refractivity contribution in [2.75, 3.05) is 13.7 Å². The normalized spacial score (nSPS) is 12.3. The van der Waals surface area contributed by atoms with Crippen molar-refractivity contribution in [3.63, 3.8) is 0 Å². The number of hydrogen-bond acceptors (Lipinski definition) is 5. The number of nitrogens with one attached hydrogen (secondary N) is 1. The second-order valence-corrected chi connectivity index (χ2v) is 7.94. The largest absolute Gasteiger partial charge is 0.497 e. The first-order valence-electron chi connectivity index (χ1n) is 11.0. The molecule has 0 unspecified atom stereocenters. The van der Waals surface area contributed by atoms with Crippen molar-refractivity contribution in [2.45, 2.75) is 12.5 Å². The Hall–Kier alpha value is -4.39. The van der Waals surface area contributed by atoms with E-state index < -0.39 is 5.92 Å². The lowest BCUT2D eigenvalue weighted by atomic mass is 9.87. The second-order valence-electron chi connectivity index (χ2n) is 7.94. The maximum Gasteiger partial charge on any atom is 0.253 e. The van der Waals surface area contributed by atoms with Gasteiger partial charge < -0.3 is 14.8 Å². The Morgan fingerprint density at radius 2 is 1.65 bits per heavy atom. The van der Waals surface area contributed by atoms with Gasteiger partial charge >= 0.3 is 0 Å². The molecule has 1 amide bonds. The van der Waals surface area contributed by atoms with E-state index in [1.165, 1.54) is 17.0 Å². The number of nitrogens with zero attached hydrogens (tertiary/aromatic N) is 2. The summed E-state index contributed by atoms with van der Waals surface area (Å²) in [6.45, 7) is 0.608. The minimum Gasteiger partial charge on any atom is -0.497 e. The summed E-state index contributed by atoms with van der Waals surface area (Å²) in [5, 5.41) is 2.97. The number of carbonyl (C=O) groups excluding carboxylic acids is 1. The van der Waals surface area contributed by atoms with Gasteiger partial charge in [0.2, 0.25) is 5.91 Å². The van der Waals surface area contributed by atoms with E-state index in [0.29, 0.717) is 30.3 Å². The van der Waals surface area contributed by atoms with Crippen LogP contribution >= 0.6 is 0 Å². The highest BCUT2D eigenvalue weighted by molar-refractivity contribution is 5.89. The zero-order chi connectivity index (χ0) is 23.5. The molecule has 3 aromatic carbocycles. The van der Waals surface area contributed by atoms with Crippen molar-refractivity contribution >= 4 is 5.91 Å². The third-order valence-corrected chi connectivity index (χ3v) is 5.86. The number of methoxy groups -OCH3 is 1. The fraction of sp³-hybridized carbons (Fsp3) is 0.148. The van der Waals surface area contributed by atoms with Gasteiger partial charge in [0, 0.05) is 35.8 Å². The predicted octanol–water partition coefficient (Wildman–Crippen LogP) is 3.97. The van der Waals surface area contributed by atoms with Gasteiger partial charge in [0.25, 0.3) is 5.56 Å². The van der Waals surface area contributed by atoms with Gasteiger partial charge in [-0.1, -0.05) is 36.4 Å². The molecule has 1 N–H and O–H groups in total. The lowest BCUT2D eigenvalue weighted by Gasteiger charge is -2.27. The van der Waals surface area contributed by atoms with E-state index in [2.05, 4.69) is 10.3 Å². The van der Waals surface area contributed by atoms with Crippen molar-refractivity contribution in [3.05, 3.63) is 107 Å². The molecule has 1 aromatic heterocycles. The number of aromatic nitrogens is 2. The maximum atomic E-state index is 13.2. The van der Waals surface area contributed by atoms with E-state index in [0.717, 1.165) is 22.4 Å². The van der Waals surface area contributed by atoms with Gasteiger partial charge in [0.15, 0.2) is 0 Å². The van der Waals surface area contributed by atoms with Crippen LogP contribution in [0.3, 0.4) is 0 Å². The van der Waals surface area contributed by atoms with E-state index in [1.54, 1.807) is 7.11 Å². The third kappa shape index (κ3) is 4.15. The number of ether oxygens (including phenoxy) is 2. The molecule has 0 atom stereocenters. The van der Waals surface area contributed by atoms with Crippen molar-refractivity contribution in [3.8, 4) is 28.5 Å². The molecule has 5 rings (SSSR count). The second kappa shape index (κ2) is 9.23. The summed E-state index contributed by atoms with van der Waals surface area (Å²) < 4.78 is 12.6. The number of carbonyl (C=O) groups is 1. The molecule has 1 aliphatic rings. The van der Waals surface area contributed by atoms with E-state index in [4.69, 9.17) is 9.47 Å². The molecule has 34 heavy (non-hydrogen) atoms. The van der Waals surface area contributed by atoms with E-state index in [-0.39, 0.29) is 11.5 Å². The number of rotatable bonds is 6. The number of amides is 1. The van der Waals surface area contributed by atoms with Gasteiger partial charge in [-0.05, 0) is 36.4 Å². The van der Waals surface area contributed by atoms with Crippen LogP contribution < -0.4 is 20.3 Å². The van der Waals surface area contributed by atoms with Crippen LogP contribution in [0.2, 0.25) is 0 Å². The summed E-state index contributed by atoms with van der Waals surface area (Å²) in [7, 11) is 1.60. The van der Waals surface area contributed by atoms with E-state index in [9.17, 15) is 9.59 Å². The molecule has 0 fully saturated rings. The summed E-state index contributed by atoms with van der Waals surface area (Å²) >= 11 is 0. The maximum absolute atomic E-state index is 13.2. The Labute approximate surface area is 196 Å². The summed E-state index contributed by atoms with van der Waals surface area (Å²) in [6.07, 6.45) is 1.51. The molecule has 0 spiro atoms. The molecule has 1 aliphatic heterocycles. The molecule has 0 radical (unpaired) electrons. The van der Waals surface area contributed by atoms with Gasteiger partial charge in [-0.15, -0.1) is 0 Å². The first-order valence-corrected chi connectivity index (χ1v) is 11.0. The Bertz CT molecular complexity index is 1350. The molecule has 2 heterocycles. The topological polar surface area (TPSA) is 82.5 Å². The number of hydrogen-bond donors (Lipinski definition) is 1. The van der Waals surface area contributed by atoms with Crippen LogP contribution in [0.1, 0.15) is 17.0 Å². The molecule has 0 saturated heterocycles. The van der Waals surface area contributed by atoms with Crippen molar-refractivity contribution in [2.24, 2.45) is 0 Å². The lowest BCUT2D eigenvalue weighted by molar-refractivity contribution is -0.121. The molecule has 170 valence electrons. The van der Waals surface area contributed by atoms with Gasteiger partial charge in [0.1, 0.15) is 17.2 Å². The Kier molecular flexibility index (Phi) is 5.82. The SMILES string of the molecule is COc1ccc(-c2cc(=O)n(CCNC(=O)C3c4ccccc4Oc4ccccc43)cn2)cc1. The monoisotopic (exact) mass is 453 g/mol. The number of fused-ring (bicyclic) bond motifs is 2. The van der Waals surface area contributed by atoms with Crippen LogP contribution in [0.5, 0.6) is 17.2 Å². The molecule has 0 bridgehead atoms. The Morgan fingerprint density at radius 1 is 1.00 bits per heavy atom. The zero-order valence-corrected chi connectivity index (χ0v) is 18.6. The third-order valence-electron chi connectivity index (χ3n) is 5.86. The Morgan fingerprint density at radius 3 is 2.26 bits per heavy atom. The standard InChI is InChI=1S/C27H23N3O4/c1-33-19-12-10-18(11-13-19)22-16-25(31)30(17-29-22)15-14-28-27(32)26-20-6-2-4-8-23(20)34-24-9-5-3-7-21(24)26/h2-13,16-17,26H,14-15H2,1H3,(H,28,32). The molecule has 0 aliphatic carbocycles. The minimum atomic E-state index is -0.478. The van der Waals surface area contributed by atoms with Gasteiger partial charge in [-0.3, -0.25) is 14.2 Å². The first kappa shape index (κ1) is 21.5. The number of benzene rings is 3. The van der Waals surface area contributed by atoms with Gasteiger partial charge in [0.05, 0.1) is 25.0 Å². The fourth-order valence-electron chi connectivity index (χ4n) is 4.11. The summed E-state index contributed by atoms with van der Waals surface area (Å²) in [5.74, 6) is 1.47. The molecule has 0 saturated carbocycles. The molecular weight excluding hydrogens is 430 g/mol. The van der Waals surface area contributed by atoms with Crippen molar-refractivity contribution in [1.82, 2.24) is 14.9 Å². The van der Waals surface area contributed by atoms with Crippen LogP contribution in [0, 0.1) is 0 Å². The van der Waals surface area contributed by atoms with Crippen molar-refractivity contribution in [1.29, 1.82) is 0 Å². The van der Waals surface area contributed by atoms with E-state index >= 15 is 0 Å². The fourth-order valence-corrected chi connectivity index (χ4v) is 4.11. The first-order chi connectivity index (χ1) is 16.6. The van der Waals surface area contributed by atoms with Crippen LogP contribution in [-0.2, 0) is 11.3 Å². The van der Waals surface area contributed by atoms with Crippen molar-refractivity contribution < 1.29 is 14.3 Å². The lowest BCUT2D eigenvalue weighted by Crippen LogP contribution is -2.35. The summed E-state index contributed by atoms with van der Waals surface area (Å²) in [4.78, 5) is 30.2. The van der Waals surface area contributed by atoms with Gasteiger partial charge in [-0.25, -0.2) is 4.98 Å². The minimum absolute atomic E-state index is 0.140. The highest BCUT2D eigenvalue weighted by Crippen LogP contribution is 2.43. The quantitative estimate of drug-likeness (QED) is 0.478. The average Bonchev–Trinajstić information content (AvgIpc) is 2.88. The molecule has 7 heteroatoms. The average molecular weight is 453 g/mol. The molecule has 4 aromatic rings. The van der Waals surface area contributed by atoms with Crippen LogP contribution in [0.4, 0.5) is 0 Å². The summed E-state index contributed by atoms with van der Waals surface area (Å²) in [5.41, 5.74) is 2.87. The smallest absolute Gasteiger partial charge is 0.253 e. The van der Waals surface area contributed by atoms with Crippen LogP contribution in [-0.4, -0.2) is 29.1 Å². The predicted molar refractivity (Wildman–Crippen MR) is 128 cm³/mol. The molecular formula is C27H23N3O4. The number of para-hydroxylation sites is 2. The zero-order valence-electron chi connectivity index (χ0n) is 18.6. The van der Waals surface area contributed by atoms with E-state index in [1.807, 2.05) is 72.8 Å². The molecule has 7 nitrogen and oxygen atoms in total. The highest BCUT2D eigenvalue weighted by atomic mass is 16.5.